The van der Waals surface area contributed by atoms with Gasteiger partial charge in [0, 0.05) is 18.0 Å². The molecule has 1 amide bonds. The van der Waals surface area contributed by atoms with Crippen molar-refractivity contribution in [2.45, 2.75) is 19.8 Å². The molecular formula is C12H16ClNO2. The minimum atomic E-state index is -0.00944. The van der Waals surface area contributed by atoms with Crippen molar-refractivity contribution in [3.8, 4) is 5.75 Å². The Labute approximate surface area is 101 Å². The molecule has 0 heterocycles. The lowest BCUT2D eigenvalue weighted by Gasteiger charge is -2.06. The fourth-order valence-electron chi connectivity index (χ4n) is 1.25. The van der Waals surface area contributed by atoms with Crippen LogP contribution < -0.4 is 10.1 Å². The quantitative estimate of drug-likeness (QED) is 0.778. The topological polar surface area (TPSA) is 38.3 Å². The van der Waals surface area contributed by atoms with E-state index < -0.39 is 0 Å². The zero-order valence-electron chi connectivity index (χ0n) is 9.33. The van der Waals surface area contributed by atoms with Gasteiger partial charge in [0.2, 0.25) is 5.91 Å². The van der Waals surface area contributed by atoms with Crippen LogP contribution in [0.15, 0.2) is 24.3 Å². The third-order valence-electron chi connectivity index (χ3n) is 1.99. The molecule has 4 heteroatoms. The molecule has 0 saturated carbocycles. The molecule has 88 valence electrons. The zero-order chi connectivity index (χ0) is 11.8. The van der Waals surface area contributed by atoms with Crippen molar-refractivity contribution in [1.82, 2.24) is 0 Å². The van der Waals surface area contributed by atoms with E-state index in [2.05, 4.69) is 5.32 Å². The molecule has 1 rings (SSSR count). The van der Waals surface area contributed by atoms with Crippen molar-refractivity contribution in [2.75, 3.05) is 17.8 Å². The first-order valence-electron chi connectivity index (χ1n) is 5.35. The van der Waals surface area contributed by atoms with Crippen molar-refractivity contribution in [2.24, 2.45) is 0 Å². The first-order chi connectivity index (χ1) is 7.76. The summed E-state index contributed by atoms with van der Waals surface area (Å²) < 4.78 is 5.30. The molecule has 0 aromatic heterocycles. The van der Waals surface area contributed by atoms with Gasteiger partial charge in [-0.25, -0.2) is 0 Å². The largest absolute Gasteiger partial charge is 0.494 e. The maximum atomic E-state index is 11.4. The Morgan fingerprint density at radius 2 is 2.06 bits per heavy atom. The van der Waals surface area contributed by atoms with Crippen LogP contribution in [-0.4, -0.2) is 18.4 Å². The van der Waals surface area contributed by atoms with Crippen LogP contribution in [0, 0.1) is 0 Å². The second kappa shape index (κ2) is 7.12. The average molecular weight is 242 g/mol. The van der Waals surface area contributed by atoms with E-state index in [4.69, 9.17) is 16.3 Å². The number of ether oxygens (including phenoxy) is 1. The van der Waals surface area contributed by atoms with Gasteiger partial charge in [-0.3, -0.25) is 4.79 Å². The highest BCUT2D eigenvalue weighted by Gasteiger charge is 2.01. The summed E-state index contributed by atoms with van der Waals surface area (Å²) >= 11 is 5.51. The van der Waals surface area contributed by atoms with E-state index in [9.17, 15) is 4.79 Å². The Morgan fingerprint density at radius 3 is 2.62 bits per heavy atom. The van der Waals surface area contributed by atoms with E-state index in [1.807, 2.05) is 31.2 Å². The molecule has 0 aliphatic carbocycles. The summed E-state index contributed by atoms with van der Waals surface area (Å²) in [4.78, 5) is 11.4. The lowest BCUT2D eigenvalue weighted by atomic mass is 10.2. The van der Waals surface area contributed by atoms with Crippen molar-refractivity contribution in [3.63, 3.8) is 0 Å². The van der Waals surface area contributed by atoms with Crippen LogP contribution in [0.1, 0.15) is 19.8 Å². The molecule has 1 N–H and O–H groups in total. The van der Waals surface area contributed by atoms with Gasteiger partial charge in [-0.15, -0.1) is 11.6 Å². The predicted molar refractivity (Wildman–Crippen MR) is 66.2 cm³/mol. The SMILES string of the molecule is CCOc1ccc(NC(=O)CCCCl)cc1. The maximum absolute atomic E-state index is 11.4. The molecule has 0 radical (unpaired) electrons. The van der Waals surface area contributed by atoms with Crippen molar-refractivity contribution >= 4 is 23.2 Å². The number of hydrogen-bond acceptors (Lipinski definition) is 2. The normalized spacial score (nSPS) is 9.88. The highest BCUT2D eigenvalue weighted by Crippen LogP contribution is 2.15. The van der Waals surface area contributed by atoms with Gasteiger partial charge in [0.25, 0.3) is 0 Å². The minimum Gasteiger partial charge on any atom is -0.494 e. The first kappa shape index (κ1) is 12.8. The molecule has 0 bridgehead atoms. The van der Waals surface area contributed by atoms with Crippen LogP contribution in [0.25, 0.3) is 0 Å². The number of carbonyl (C=O) groups is 1. The fraction of sp³-hybridized carbons (Fsp3) is 0.417. The van der Waals surface area contributed by atoms with Crippen molar-refractivity contribution < 1.29 is 9.53 Å². The van der Waals surface area contributed by atoms with Gasteiger partial charge < -0.3 is 10.1 Å². The summed E-state index contributed by atoms with van der Waals surface area (Å²) in [6.45, 7) is 2.57. The number of carbonyl (C=O) groups excluding carboxylic acids is 1. The van der Waals surface area contributed by atoms with Gasteiger partial charge in [-0.2, -0.15) is 0 Å². The Bertz CT molecular complexity index is 324. The number of hydrogen-bond donors (Lipinski definition) is 1. The molecule has 3 nitrogen and oxygen atoms in total. The van der Waals surface area contributed by atoms with Gasteiger partial charge >= 0.3 is 0 Å². The van der Waals surface area contributed by atoms with Gasteiger partial charge in [0.15, 0.2) is 0 Å². The monoisotopic (exact) mass is 241 g/mol. The predicted octanol–water partition coefficient (Wildman–Crippen LogP) is 3.04. The number of alkyl halides is 1. The summed E-state index contributed by atoms with van der Waals surface area (Å²) in [5.74, 6) is 1.31. The van der Waals surface area contributed by atoms with Crippen LogP contribution in [-0.2, 0) is 4.79 Å². The van der Waals surface area contributed by atoms with E-state index >= 15 is 0 Å². The number of halogens is 1. The first-order valence-corrected chi connectivity index (χ1v) is 5.88. The Kier molecular flexibility index (Phi) is 5.72. The maximum Gasteiger partial charge on any atom is 0.224 e. The number of rotatable bonds is 6. The lowest BCUT2D eigenvalue weighted by Crippen LogP contribution is -2.11. The molecule has 0 atom stereocenters. The van der Waals surface area contributed by atoms with E-state index in [0.717, 1.165) is 11.4 Å². The molecule has 1 aromatic rings. The number of benzene rings is 1. The highest BCUT2D eigenvalue weighted by atomic mass is 35.5. The van der Waals surface area contributed by atoms with E-state index in [1.165, 1.54) is 0 Å². The van der Waals surface area contributed by atoms with E-state index in [0.29, 0.717) is 25.3 Å². The summed E-state index contributed by atoms with van der Waals surface area (Å²) in [6.07, 6.45) is 1.15. The Balaban J connectivity index is 2.45. The molecule has 0 saturated heterocycles. The molecular weight excluding hydrogens is 226 g/mol. The summed E-state index contributed by atoms with van der Waals surface area (Å²) in [6, 6.07) is 7.31. The van der Waals surface area contributed by atoms with Crippen LogP contribution in [0.5, 0.6) is 5.75 Å². The Morgan fingerprint density at radius 1 is 1.38 bits per heavy atom. The standard InChI is InChI=1S/C12H16ClNO2/c1-2-16-11-7-5-10(6-8-11)14-12(15)4-3-9-13/h5-8H,2-4,9H2,1H3,(H,14,15). The summed E-state index contributed by atoms with van der Waals surface area (Å²) in [5.41, 5.74) is 0.781. The summed E-state index contributed by atoms with van der Waals surface area (Å²) in [5, 5.41) is 2.79. The molecule has 0 unspecified atom stereocenters. The molecule has 1 aromatic carbocycles. The second-order valence-electron chi connectivity index (χ2n) is 3.30. The number of amides is 1. The number of anilines is 1. The van der Waals surface area contributed by atoms with Gasteiger partial charge in [0.05, 0.1) is 6.61 Å². The van der Waals surface area contributed by atoms with Crippen molar-refractivity contribution in [1.29, 1.82) is 0 Å². The Hall–Kier alpha value is -1.22. The van der Waals surface area contributed by atoms with Gasteiger partial charge in [-0.1, -0.05) is 0 Å². The van der Waals surface area contributed by atoms with Gasteiger partial charge in [-0.05, 0) is 37.6 Å². The third-order valence-corrected chi connectivity index (χ3v) is 2.25. The van der Waals surface area contributed by atoms with Crippen LogP contribution >= 0.6 is 11.6 Å². The van der Waals surface area contributed by atoms with Crippen LogP contribution in [0.4, 0.5) is 5.69 Å². The van der Waals surface area contributed by atoms with Crippen LogP contribution in [0.2, 0.25) is 0 Å². The molecule has 0 aliphatic heterocycles. The molecule has 16 heavy (non-hydrogen) atoms. The van der Waals surface area contributed by atoms with E-state index in [-0.39, 0.29) is 5.91 Å². The average Bonchev–Trinajstić information content (AvgIpc) is 2.29. The highest BCUT2D eigenvalue weighted by molar-refractivity contribution is 6.18. The third kappa shape index (κ3) is 4.53. The van der Waals surface area contributed by atoms with E-state index in [1.54, 1.807) is 0 Å². The lowest BCUT2D eigenvalue weighted by molar-refractivity contribution is -0.116. The van der Waals surface area contributed by atoms with Crippen molar-refractivity contribution in [3.05, 3.63) is 24.3 Å². The number of nitrogens with one attached hydrogen (secondary N) is 1. The van der Waals surface area contributed by atoms with Crippen LogP contribution in [0.3, 0.4) is 0 Å². The molecule has 0 spiro atoms. The summed E-state index contributed by atoms with van der Waals surface area (Å²) in [7, 11) is 0. The smallest absolute Gasteiger partial charge is 0.224 e. The fourth-order valence-corrected chi connectivity index (χ4v) is 1.39. The molecule has 0 aliphatic rings. The van der Waals surface area contributed by atoms with Gasteiger partial charge in [0.1, 0.15) is 5.75 Å². The zero-order valence-corrected chi connectivity index (χ0v) is 10.1. The molecule has 0 fully saturated rings. The minimum absolute atomic E-state index is 0.00944. The second-order valence-corrected chi connectivity index (χ2v) is 3.68.